The molecule has 0 amide bonds. The molecule has 2 aromatic heterocycles. The number of rotatable bonds is 4. The average molecular weight is 453 g/mol. The molecule has 0 radical (unpaired) electrons. The number of fused-ring (bicyclic) bond motifs is 2. The number of ether oxygens (including phenoxy) is 2. The average Bonchev–Trinajstić information content (AvgIpc) is 3.52. The third kappa shape index (κ3) is 3.76. The maximum atomic E-state index is 13.4. The molecule has 1 unspecified atom stereocenters. The number of nitrogens with zero attached hydrogens (tertiary/aromatic N) is 5. The molecule has 3 aliphatic rings. The highest BCUT2D eigenvalue weighted by atomic mass is 16.6. The summed E-state index contributed by atoms with van der Waals surface area (Å²) in [7, 11) is 0. The van der Waals surface area contributed by atoms with Gasteiger partial charge in [-0.3, -0.25) is 9.69 Å². The molecule has 10 heteroatoms. The van der Waals surface area contributed by atoms with E-state index in [2.05, 4.69) is 25.4 Å². The molecular weight excluding hydrogens is 424 g/mol. The fourth-order valence-electron chi connectivity index (χ4n) is 5.40. The summed E-state index contributed by atoms with van der Waals surface area (Å²) in [4.78, 5) is 18.7. The Bertz CT molecular complexity index is 1210. The Morgan fingerprint density at radius 1 is 1.03 bits per heavy atom. The van der Waals surface area contributed by atoms with Crippen molar-refractivity contribution in [1.29, 1.82) is 0 Å². The molecule has 2 aliphatic heterocycles. The van der Waals surface area contributed by atoms with Gasteiger partial charge in [-0.25, -0.2) is 4.68 Å². The SMILES string of the molecule is O=c1[nH]c2cc3c(cc2cc1C(c1nnnn1C1CCCC1)N1CCC(O)CC1)OCCO3. The fraction of sp³-hybridized carbons (Fsp3) is 0.565. The number of benzene rings is 1. The molecule has 0 bridgehead atoms. The minimum Gasteiger partial charge on any atom is -0.486 e. The molecule has 1 aromatic carbocycles. The van der Waals surface area contributed by atoms with Crippen molar-refractivity contribution < 1.29 is 14.6 Å². The van der Waals surface area contributed by atoms with Gasteiger partial charge in [-0.2, -0.15) is 0 Å². The van der Waals surface area contributed by atoms with E-state index in [1.165, 1.54) is 0 Å². The van der Waals surface area contributed by atoms with E-state index in [1.807, 2.05) is 22.9 Å². The minimum atomic E-state index is -0.394. The molecule has 1 saturated carbocycles. The molecule has 3 aromatic rings. The van der Waals surface area contributed by atoms with Gasteiger partial charge in [0.15, 0.2) is 17.3 Å². The summed E-state index contributed by atoms with van der Waals surface area (Å²) in [6.45, 7) is 2.33. The van der Waals surface area contributed by atoms with E-state index in [0.29, 0.717) is 67.5 Å². The molecule has 33 heavy (non-hydrogen) atoms. The Hall–Kier alpha value is -2.98. The maximum absolute atomic E-state index is 13.4. The Morgan fingerprint density at radius 3 is 2.52 bits per heavy atom. The molecule has 2 N–H and O–H groups in total. The van der Waals surface area contributed by atoms with E-state index in [0.717, 1.165) is 31.1 Å². The van der Waals surface area contributed by atoms with Gasteiger partial charge in [-0.1, -0.05) is 12.8 Å². The first-order valence-corrected chi connectivity index (χ1v) is 11.8. The standard InChI is InChI=1S/C23H28N6O4/c30-16-5-7-28(8-6-16)21(22-25-26-27-29(22)15-3-1-2-4-15)17-11-14-12-19-20(33-10-9-32-19)13-18(14)24-23(17)31/h11-13,15-16,21,30H,1-10H2,(H,24,31). The van der Waals surface area contributed by atoms with Crippen molar-refractivity contribution in [2.45, 2.75) is 56.7 Å². The molecule has 1 aliphatic carbocycles. The van der Waals surface area contributed by atoms with Crippen LogP contribution in [0.25, 0.3) is 10.9 Å². The number of pyridine rings is 1. The maximum Gasteiger partial charge on any atom is 0.253 e. The second kappa shape index (κ2) is 8.42. The molecule has 0 spiro atoms. The van der Waals surface area contributed by atoms with Crippen LogP contribution in [0.2, 0.25) is 0 Å². The summed E-state index contributed by atoms with van der Waals surface area (Å²) in [6.07, 6.45) is 5.41. The lowest BCUT2D eigenvalue weighted by Crippen LogP contribution is -2.42. The number of hydrogen-bond donors (Lipinski definition) is 2. The lowest BCUT2D eigenvalue weighted by Gasteiger charge is -2.35. The quantitative estimate of drug-likeness (QED) is 0.617. The van der Waals surface area contributed by atoms with E-state index in [9.17, 15) is 9.90 Å². The highest BCUT2D eigenvalue weighted by Crippen LogP contribution is 2.37. The van der Waals surface area contributed by atoms with Crippen LogP contribution < -0.4 is 15.0 Å². The van der Waals surface area contributed by atoms with Crippen molar-refractivity contribution in [2.75, 3.05) is 26.3 Å². The zero-order valence-corrected chi connectivity index (χ0v) is 18.4. The second-order valence-corrected chi connectivity index (χ2v) is 9.23. The van der Waals surface area contributed by atoms with Crippen LogP contribution in [0, 0.1) is 0 Å². The van der Waals surface area contributed by atoms with Crippen LogP contribution >= 0.6 is 0 Å². The number of H-pyrrole nitrogens is 1. The number of aliphatic hydroxyl groups excluding tert-OH is 1. The second-order valence-electron chi connectivity index (χ2n) is 9.23. The Labute approximate surface area is 190 Å². The number of aromatic nitrogens is 5. The summed E-state index contributed by atoms with van der Waals surface area (Å²) in [6, 6.07) is 5.53. The minimum absolute atomic E-state index is 0.170. The van der Waals surface area contributed by atoms with Gasteiger partial charge in [0.2, 0.25) is 0 Å². The van der Waals surface area contributed by atoms with Crippen LogP contribution in [0.3, 0.4) is 0 Å². The summed E-state index contributed by atoms with van der Waals surface area (Å²) in [5, 5.41) is 23.7. The van der Waals surface area contributed by atoms with E-state index in [4.69, 9.17) is 9.47 Å². The molecule has 6 rings (SSSR count). The number of tetrazole rings is 1. The van der Waals surface area contributed by atoms with E-state index in [-0.39, 0.29) is 17.7 Å². The zero-order chi connectivity index (χ0) is 22.4. The first-order chi connectivity index (χ1) is 16.2. The van der Waals surface area contributed by atoms with Crippen molar-refractivity contribution in [3.63, 3.8) is 0 Å². The summed E-state index contributed by atoms with van der Waals surface area (Å²) < 4.78 is 13.4. The molecule has 10 nitrogen and oxygen atoms in total. The molecular formula is C23H28N6O4. The van der Waals surface area contributed by atoms with Crippen LogP contribution in [0.5, 0.6) is 11.5 Å². The largest absolute Gasteiger partial charge is 0.486 e. The zero-order valence-electron chi connectivity index (χ0n) is 18.4. The van der Waals surface area contributed by atoms with Gasteiger partial charge in [-0.05, 0) is 48.2 Å². The first-order valence-electron chi connectivity index (χ1n) is 11.8. The normalized spacial score (nSPS) is 21.0. The van der Waals surface area contributed by atoms with Crippen LogP contribution in [-0.4, -0.2) is 67.6 Å². The van der Waals surface area contributed by atoms with Crippen molar-refractivity contribution in [3.05, 3.63) is 39.9 Å². The van der Waals surface area contributed by atoms with Gasteiger partial charge in [0.1, 0.15) is 19.3 Å². The number of aromatic amines is 1. The van der Waals surface area contributed by atoms with Crippen LogP contribution in [0.15, 0.2) is 23.0 Å². The number of nitrogens with one attached hydrogen (secondary N) is 1. The topological polar surface area (TPSA) is 118 Å². The highest BCUT2D eigenvalue weighted by molar-refractivity contribution is 5.83. The van der Waals surface area contributed by atoms with Gasteiger partial charge in [0.25, 0.3) is 5.56 Å². The number of likely N-dealkylation sites (tertiary alicyclic amines) is 1. The van der Waals surface area contributed by atoms with E-state index in [1.54, 1.807) is 0 Å². The lowest BCUT2D eigenvalue weighted by molar-refractivity contribution is 0.0654. The van der Waals surface area contributed by atoms with Crippen LogP contribution in [-0.2, 0) is 0 Å². The third-order valence-electron chi connectivity index (χ3n) is 7.13. The third-order valence-corrected chi connectivity index (χ3v) is 7.13. The van der Waals surface area contributed by atoms with Crippen molar-refractivity contribution in [2.24, 2.45) is 0 Å². The number of aliphatic hydroxyl groups is 1. The molecule has 4 heterocycles. The van der Waals surface area contributed by atoms with Gasteiger partial charge in [0, 0.05) is 30.1 Å². The number of hydrogen-bond acceptors (Lipinski definition) is 8. The summed E-state index contributed by atoms with van der Waals surface area (Å²) in [5.74, 6) is 2.02. The first kappa shape index (κ1) is 20.6. The summed E-state index contributed by atoms with van der Waals surface area (Å²) in [5.41, 5.74) is 1.14. The Balaban J connectivity index is 1.47. The van der Waals surface area contributed by atoms with Crippen molar-refractivity contribution in [1.82, 2.24) is 30.1 Å². The van der Waals surface area contributed by atoms with E-state index < -0.39 is 6.04 Å². The van der Waals surface area contributed by atoms with Gasteiger partial charge in [-0.15, -0.1) is 5.10 Å². The van der Waals surface area contributed by atoms with Gasteiger partial charge >= 0.3 is 0 Å². The predicted molar refractivity (Wildman–Crippen MR) is 120 cm³/mol. The van der Waals surface area contributed by atoms with Gasteiger partial charge in [0.05, 0.1) is 17.7 Å². The smallest absolute Gasteiger partial charge is 0.253 e. The van der Waals surface area contributed by atoms with Crippen LogP contribution in [0.1, 0.15) is 62.0 Å². The van der Waals surface area contributed by atoms with Gasteiger partial charge < -0.3 is 19.6 Å². The van der Waals surface area contributed by atoms with Crippen molar-refractivity contribution in [3.8, 4) is 11.5 Å². The number of piperidine rings is 1. The molecule has 1 atom stereocenters. The Kier molecular flexibility index (Phi) is 5.26. The van der Waals surface area contributed by atoms with E-state index >= 15 is 0 Å². The fourth-order valence-corrected chi connectivity index (χ4v) is 5.40. The lowest BCUT2D eigenvalue weighted by atomic mass is 9.99. The Morgan fingerprint density at radius 2 is 1.76 bits per heavy atom. The predicted octanol–water partition coefficient (Wildman–Crippen LogP) is 1.95. The van der Waals surface area contributed by atoms with Crippen molar-refractivity contribution >= 4 is 10.9 Å². The molecule has 174 valence electrons. The molecule has 2 fully saturated rings. The van der Waals surface area contributed by atoms with Crippen LogP contribution in [0.4, 0.5) is 0 Å². The highest BCUT2D eigenvalue weighted by Gasteiger charge is 2.35. The monoisotopic (exact) mass is 452 g/mol. The summed E-state index contributed by atoms with van der Waals surface area (Å²) >= 11 is 0. The molecule has 1 saturated heterocycles.